The van der Waals surface area contributed by atoms with Crippen LogP contribution >= 0.6 is 11.3 Å². The summed E-state index contributed by atoms with van der Waals surface area (Å²) in [6, 6.07) is 7.29. The molecule has 0 spiro atoms. The van der Waals surface area contributed by atoms with Crippen LogP contribution in [0.4, 0.5) is 20.3 Å². The number of carbonyl (C=O) groups is 1. The number of aromatic nitrogens is 2. The van der Waals surface area contributed by atoms with Gasteiger partial charge in [0.25, 0.3) is 12.3 Å². The molecule has 9 heteroatoms. The molecule has 1 amide bonds. The van der Waals surface area contributed by atoms with Crippen LogP contribution in [0.15, 0.2) is 35.0 Å². The Morgan fingerprint density at radius 1 is 1.19 bits per heavy atom. The van der Waals surface area contributed by atoms with Gasteiger partial charge in [0.15, 0.2) is 0 Å². The first-order valence-corrected chi connectivity index (χ1v) is 9.68. The van der Waals surface area contributed by atoms with E-state index in [0.717, 1.165) is 55.3 Å². The van der Waals surface area contributed by atoms with Gasteiger partial charge in [0.2, 0.25) is 0 Å². The first-order chi connectivity index (χ1) is 13.1. The van der Waals surface area contributed by atoms with Crippen molar-refractivity contribution in [2.24, 2.45) is 0 Å². The second-order valence-corrected chi connectivity index (χ2v) is 7.08. The van der Waals surface area contributed by atoms with Crippen molar-refractivity contribution in [3.63, 3.8) is 0 Å². The van der Waals surface area contributed by atoms with Crippen molar-refractivity contribution in [2.45, 2.75) is 12.8 Å². The van der Waals surface area contributed by atoms with Crippen molar-refractivity contribution in [3.8, 4) is 0 Å². The summed E-state index contributed by atoms with van der Waals surface area (Å²) in [5.74, 6) is 0.331. The van der Waals surface area contributed by atoms with Crippen LogP contribution in [0.3, 0.4) is 0 Å². The number of nitrogens with one attached hydrogen (secondary N) is 2. The molecule has 6 nitrogen and oxygen atoms in total. The van der Waals surface area contributed by atoms with E-state index in [2.05, 4.69) is 20.6 Å². The molecule has 2 N–H and O–H groups in total. The van der Waals surface area contributed by atoms with Gasteiger partial charge in [-0.3, -0.25) is 4.79 Å². The van der Waals surface area contributed by atoms with Gasteiger partial charge in [-0.1, -0.05) is 0 Å². The normalized spacial score (nSPS) is 15.3. The molecule has 0 radical (unpaired) electrons. The number of thiophene rings is 1. The number of hydrogen-bond acceptors (Lipinski definition) is 5. The Morgan fingerprint density at radius 2 is 2.04 bits per heavy atom. The van der Waals surface area contributed by atoms with Crippen LogP contribution in [0.1, 0.15) is 28.9 Å². The molecule has 1 saturated heterocycles. The number of hydrogen-bond donors (Lipinski definition) is 2. The minimum atomic E-state index is -2.63. The van der Waals surface area contributed by atoms with Gasteiger partial charge in [-0.2, -0.15) is 0 Å². The standard InChI is InChI=1S/C18H19F2N5OS/c19-17(20)13-10-27-11-14(13)22-18(26)15-4-2-12-3-5-16(23-25(12)15)24-8-1-6-21-7-9-24/h2-5,10-11,17,21H,1,6-9H2,(H,22,26). The molecule has 1 aliphatic rings. The fourth-order valence-corrected chi connectivity index (χ4v) is 3.93. The summed E-state index contributed by atoms with van der Waals surface area (Å²) < 4.78 is 27.6. The van der Waals surface area contributed by atoms with Crippen molar-refractivity contribution in [3.05, 3.63) is 46.3 Å². The molecule has 0 aromatic carbocycles. The van der Waals surface area contributed by atoms with E-state index < -0.39 is 12.3 Å². The lowest BCUT2D eigenvalue weighted by Crippen LogP contribution is -2.29. The van der Waals surface area contributed by atoms with Gasteiger partial charge >= 0.3 is 0 Å². The largest absolute Gasteiger partial charge is 0.354 e. The Morgan fingerprint density at radius 3 is 2.89 bits per heavy atom. The van der Waals surface area contributed by atoms with Crippen molar-refractivity contribution in [2.75, 3.05) is 36.4 Å². The third-order valence-corrected chi connectivity index (χ3v) is 5.32. The zero-order chi connectivity index (χ0) is 18.8. The second kappa shape index (κ2) is 7.61. The van der Waals surface area contributed by atoms with E-state index in [1.54, 1.807) is 16.6 Å². The summed E-state index contributed by atoms with van der Waals surface area (Å²) in [6.45, 7) is 3.59. The Kier molecular flexibility index (Phi) is 5.04. The van der Waals surface area contributed by atoms with Crippen molar-refractivity contribution in [1.29, 1.82) is 0 Å². The van der Waals surface area contributed by atoms with Gasteiger partial charge in [0.05, 0.1) is 16.8 Å². The molecular formula is C18H19F2N5OS. The molecule has 0 aliphatic carbocycles. The lowest BCUT2D eigenvalue weighted by atomic mass is 10.3. The third-order valence-electron chi connectivity index (χ3n) is 4.56. The predicted octanol–water partition coefficient (Wildman–Crippen LogP) is 3.39. The van der Waals surface area contributed by atoms with Crippen LogP contribution in [0.2, 0.25) is 0 Å². The highest BCUT2D eigenvalue weighted by atomic mass is 32.1. The lowest BCUT2D eigenvalue weighted by molar-refractivity contribution is 0.102. The number of carbonyl (C=O) groups excluding carboxylic acids is 1. The summed E-state index contributed by atoms with van der Waals surface area (Å²) in [6.07, 6.45) is -1.61. The summed E-state index contributed by atoms with van der Waals surface area (Å²) in [5, 5.41) is 13.4. The maximum absolute atomic E-state index is 13.0. The Balaban J connectivity index is 1.62. The van der Waals surface area contributed by atoms with Gasteiger partial charge in [-0.15, -0.1) is 16.4 Å². The molecule has 3 aromatic rings. The highest BCUT2D eigenvalue weighted by Gasteiger charge is 2.19. The number of rotatable bonds is 4. The average molecular weight is 391 g/mol. The minimum absolute atomic E-state index is 0.143. The van der Waals surface area contributed by atoms with Gasteiger partial charge in [0.1, 0.15) is 11.5 Å². The van der Waals surface area contributed by atoms with Crippen LogP contribution in [0.25, 0.3) is 5.52 Å². The highest BCUT2D eigenvalue weighted by molar-refractivity contribution is 7.08. The molecule has 142 valence electrons. The summed E-state index contributed by atoms with van der Waals surface area (Å²) in [7, 11) is 0. The maximum Gasteiger partial charge on any atom is 0.274 e. The van der Waals surface area contributed by atoms with E-state index in [9.17, 15) is 13.6 Å². The summed E-state index contributed by atoms with van der Waals surface area (Å²) >= 11 is 1.13. The van der Waals surface area contributed by atoms with E-state index in [1.807, 2.05) is 12.1 Å². The van der Waals surface area contributed by atoms with Gasteiger partial charge in [-0.05, 0) is 37.2 Å². The van der Waals surface area contributed by atoms with Gasteiger partial charge < -0.3 is 15.5 Å². The van der Waals surface area contributed by atoms with E-state index >= 15 is 0 Å². The van der Waals surface area contributed by atoms with Crippen LogP contribution in [0.5, 0.6) is 0 Å². The molecule has 4 rings (SSSR count). The van der Waals surface area contributed by atoms with E-state index in [1.165, 1.54) is 10.8 Å². The van der Waals surface area contributed by atoms with E-state index in [-0.39, 0.29) is 11.3 Å². The van der Waals surface area contributed by atoms with E-state index in [4.69, 9.17) is 0 Å². The first kappa shape index (κ1) is 17.9. The lowest BCUT2D eigenvalue weighted by Gasteiger charge is -2.21. The molecule has 0 bridgehead atoms. The molecule has 0 saturated carbocycles. The molecule has 4 heterocycles. The number of anilines is 2. The van der Waals surface area contributed by atoms with Crippen molar-refractivity contribution in [1.82, 2.24) is 14.9 Å². The molecular weight excluding hydrogens is 372 g/mol. The molecule has 0 unspecified atom stereocenters. The summed E-state index contributed by atoms with van der Waals surface area (Å²) in [4.78, 5) is 14.8. The predicted molar refractivity (Wildman–Crippen MR) is 102 cm³/mol. The Labute approximate surface area is 158 Å². The topological polar surface area (TPSA) is 61.7 Å². The molecule has 27 heavy (non-hydrogen) atoms. The fraction of sp³-hybridized carbons (Fsp3) is 0.333. The minimum Gasteiger partial charge on any atom is -0.354 e. The molecule has 3 aromatic heterocycles. The number of nitrogens with zero attached hydrogens (tertiary/aromatic N) is 3. The van der Waals surface area contributed by atoms with Gasteiger partial charge in [0, 0.05) is 30.4 Å². The van der Waals surface area contributed by atoms with Crippen LogP contribution in [-0.2, 0) is 0 Å². The smallest absolute Gasteiger partial charge is 0.274 e. The van der Waals surface area contributed by atoms with Crippen molar-refractivity contribution >= 4 is 34.3 Å². The monoisotopic (exact) mass is 391 g/mol. The van der Waals surface area contributed by atoms with Gasteiger partial charge in [-0.25, -0.2) is 13.3 Å². The SMILES string of the molecule is O=C(Nc1cscc1C(F)F)c1ccc2ccc(N3CCCNCC3)nn12. The van der Waals surface area contributed by atoms with Crippen molar-refractivity contribution < 1.29 is 13.6 Å². The van der Waals surface area contributed by atoms with E-state index in [0.29, 0.717) is 5.69 Å². The zero-order valence-electron chi connectivity index (χ0n) is 14.5. The maximum atomic E-state index is 13.0. The average Bonchev–Trinajstić information content (AvgIpc) is 3.20. The fourth-order valence-electron chi connectivity index (χ4n) is 3.16. The first-order valence-electron chi connectivity index (χ1n) is 8.73. The molecule has 0 atom stereocenters. The molecule has 1 aliphatic heterocycles. The Bertz CT molecular complexity index is 946. The van der Waals surface area contributed by atoms with Crippen LogP contribution in [-0.4, -0.2) is 41.7 Å². The number of amides is 1. The van der Waals surface area contributed by atoms with Crippen LogP contribution < -0.4 is 15.5 Å². The zero-order valence-corrected chi connectivity index (χ0v) is 15.3. The Hall–Kier alpha value is -2.52. The second-order valence-electron chi connectivity index (χ2n) is 6.33. The number of halogens is 2. The quantitative estimate of drug-likeness (QED) is 0.716. The van der Waals surface area contributed by atoms with Crippen LogP contribution in [0, 0.1) is 0 Å². The number of fused-ring (bicyclic) bond motifs is 1. The third kappa shape index (κ3) is 3.65. The highest BCUT2D eigenvalue weighted by Crippen LogP contribution is 2.31. The summed E-state index contributed by atoms with van der Waals surface area (Å²) in [5.41, 5.74) is 1.06. The number of alkyl halides is 2. The molecule has 1 fully saturated rings.